The number of carboxylic acids is 1. The van der Waals surface area contributed by atoms with Crippen LogP contribution in [0.15, 0.2) is 5.10 Å². The fraction of sp³-hybridized carbons (Fsp3) is 0.800. The molecule has 15 heavy (non-hydrogen) atoms. The predicted molar refractivity (Wildman–Crippen MR) is 56.7 cm³/mol. The van der Waals surface area contributed by atoms with Gasteiger partial charge in [0, 0.05) is 19.4 Å². The summed E-state index contributed by atoms with van der Waals surface area (Å²) in [6.07, 6.45) is 1.93. The Bertz CT molecular complexity index is 278. The Balaban J connectivity index is 2.67. The highest BCUT2D eigenvalue weighted by Gasteiger charge is 2.36. The van der Waals surface area contributed by atoms with E-state index in [9.17, 15) is 4.79 Å². The molecule has 0 aliphatic carbocycles. The van der Waals surface area contributed by atoms with Crippen LogP contribution >= 0.6 is 0 Å². The maximum absolute atomic E-state index is 10.5. The molecule has 0 aromatic carbocycles. The summed E-state index contributed by atoms with van der Waals surface area (Å²) < 4.78 is 5.39. The number of nitrogens with zero attached hydrogens (tertiary/aromatic N) is 2. The highest BCUT2D eigenvalue weighted by Crippen LogP contribution is 2.29. The number of ether oxygens (including phenoxy) is 1. The van der Waals surface area contributed by atoms with Crippen molar-refractivity contribution in [1.82, 2.24) is 5.01 Å². The van der Waals surface area contributed by atoms with Crippen molar-refractivity contribution in [2.24, 2.45) is 5.10 Å². The molecule has 0 saturated carbocycles. The van der Waals surface area contributed by atoms with Crippen molar-refractivity contribution in [3.63, 3.8) is 0 Å². The number of carboxylic acid groups (broad SMARTS) is 1. The minimum absolute atomic E-state index is 0.0176. The summed E-state index contributed by atoms with van der Waals surface area (Å²) in [5, 5.41) is 14.7. The van der Waals surface area contributed by atoms with Crippen LogP contribution in [-0.2, 0) is 9.53 Å². The van der Waals surface area contributed by atoms with E-state index >= 15 is 0 Å². The van der Waals surface area contributed by atoms with E-state index in [0.717, 1.165) is 19.4 Å². The van der Waals surface area contributed by atoms with E-state index in [1.807, 2.05) is 11.9 Å². The number of methoxy groups -OCH3 is 1. The van der Waals surface area contributed by atoms with Gasteiger partial charge in [-0.3, -0.25) is 9.80 Å². The molecular weight excluding hydrogens is 196 g/mol. The third-order valence-electron chi connectivity index (χ3n) is 2.69. The average Bonchev–Trinajstić information content (AvgIpc) is 2.47. The standard InChI is InChI=1S/C10H18N2O3/c1-8(7-9(13)14)11-12-6-4-5-10(12,2)15-3/h4-7H2,1-3H3,(H,13,14)/t10-/m0/s1. The fourth-order valence-electron chi connectivity index (χ4n) is 1.75. The van der Waals surface area contributed by atoms with E-state index < -0.39 is 5.97 Å². The highest BCUT2D eigenvalue weighted by molar-refractivity contribution is 5.96. The Morgan fingerprint density at radius 3 is 2.87 bits per heavy atom. The van der Waals surface area contributed by atoms with Crippen molar-refractivity contribution >= 4 is 11.7 Å². The van der Waals surface area contributed by atoms with Crippen molar-refractivity contribution in [2.75, 3.05) is 13.7 Å². The molecule has 1 heterocycles. The number of hydrazone groups is 1. The van der Waals surface area contributed by atoms with Gasteiger partial charge in [-0.1, -0.05) is 0 Å². The largest absolute Gasteiger partial charge is 0.481 e. The zero-order valence-corrected chi connectivity index (χ0v) is 9.49. The summed E-state index contributed by atoms with van der Waals surface area (Å²) >= 11 is 0. The van der Waals surface area contributed by atoms with Gasteiger partial charge in [-0.05, 0) is 26.7 Å². The van der Waals surface area contributed by atoms with Gasteiger partial charge in [0.05, 0.1) is 6.42 Å². The van der Waals surface area contributed by atoms with Gasteiger partial charge in [0.2, 0.25) is 0 Å². The minimum atomic E-state index is -0.852. The first-order valence-corrected chi connectivity index (χ1v) is 5.06. The van der Waals surface area contributed by atoms with Crippen LogP contribution in [0, 0.1) is 0 Å². The van der Waals surface area contributed by atoms with Crippen LogP contribution in [0.4, 0.5) is 0 Å². The van der Waals surface area contributed by atoms with Crippen molar-refractivity contribution in [2.45, 2.75) is 38.8 Å². The van der Waals surface area contributed by atoms with Gasteiger partial charge in [0.25, 0.3) is 0 Å². The summed E-state index contributed by atoms with van der Waals surface area (Å²) in [5.41, 5.74) is 0.229. The molecule has 1 N–H and O–H groups in total. The molecule has 1 aliphatic rings. The van der Waals surface area contributed by atoms with Crippen LogP contribution in [0.2, 0.25) is 0 Å². The molecule has 0 spiro atoms. The first kappa shape index (κ1) is 12.0. The summed E-state index contributed by atoms with van der Waals surface area (Å²) in [6.45, 7) is 4.52. The van der Waals surface area contributed by atoms with Gasteiger partial charge in [-0.2, -0.15) is 5.10 Å². The van der Waals surface area contributed by atoms with Crippen LogP contribution in [0.1, 0.15) is 33.1 Å². The molecule has 1 saturated heterocycles. The van der Waals surface area contributed by atoms with E-state index in [0.29, 0.717) is 5.71 Å². The number of rotatable bonds is 4. The van der Waals surface area contributed by atoms with Gasteiger partial charge in [0.15, 0.2) is 5.72 Å². The van der Waals surface area contributed by atoms with E-state index in [4.69, 9.17) is 9.84 Å². The molecule has 1 aliphatic heterocycles. The van der Waals surface area contributed by atoms with E-state index in [-0.39, 0.29) is 12.1 Å². The number of hydrogen-bond acceptors (Lipinski definition) is 4. The van der Waals surface area contributed by atoms with Gasteiger partial charge in [0.1, 0.15) is 0 Å². The molecule has 0 amide bonds. The molecule has 0 radical (unpaired) electrons. The molecule has 1 atom stereocenters. The van der Waals surface area contributed by atoms with Crippen molar-refractivity contribution in [3.05, 3.63) is 0 Å². The van der Waals surface area contributed by atoms with E-state index in [2.05, 4.69) is 5.10 Å². The summed E-state index contributed by atoms with van der Waals surface area (Å²) in [7, 11) is 1.65. The first-order valence-electron chi connectivity index (χ1n) is 5.06. The van der Waals surface area contributed by atoms with Crippen LogP contribution in [0.3, 0.4) is 0 Å². The molecule has 0 aromatic heterocycles. The second kappa shape index (κ2) is 4.61. The van der Waals surface area contributed by atoms with Gasteiger partial charge >= 0.3 is 5.97 Å². The normalized spacial score (nSPS) is 27.1. The lowest BCUT2D eigenvalue weighted by atomic mass is 10.2. The maximum atomic E-state index is 10.5. The Hall–Kier alpha value is -1.10. The Morgan fingerprint density at radius 1 is 1.67 bits per heavy atom. The van der Waals surface area contributed by atoms with Gasteiger partial charge in [-0.25, -0.2) is 0 Å². The van der Waals surface area contributed by atoms with Crippen LogP contribution in [0.25, 0.3) is 0 Å². The molecule has 1 fully saturated rings. The van der Waals surface area contributed by atoms with E-state index in [1.165, 1.54) is 0 Å². The Kier molecular flexibility index (Phi) is 3.68. The number of hydrogen-bond donors (Lipinski definition) is 1. The highest BCUT2D eigenvalue weighted by atomic mass is 16.5. The summed E-state index contributed by atoms with van der Waals surface area (Å²) in [5.74, 6) is -0.852. The molecule has 1 rings (SSSR count). The fourth-order valence-corrected chi connectivity index (χ4v) is 1.75. The number of aliphatic carboxylic acids is 1. The third kappa shape index (κ3) is 2.92. The smallest absolute Gasteiger partial charge is 0.309 e. The molecule has 5 heteroatoms. The molecule has 0 bridgehead atoms. The quantitative estimate of drug-likeness (QED) is 0.716. The lowest BCUT2D eigenvalue weighted by molar-refractivity contribution is -0.135. The monoisotopic (exact) mass is 214 g/mol. The average molecular weight is 214 g/mol. The molecule has 5 nitrogen and oxygen atoms in total. The molecule has 0 aromatic rings. The second-order valence-electron chi connectivity index (χ2n) is 4.01. The van der Waals surface area contributed by atoms with Crippen LogP contribution in [0.5, 0.6) is 0 Å². The third-order valence-corrected chi connectivity index (χ3v) is 2.69. The number of carbonyl (C=O) groups is 1. The molecule has 0 unspecified atom stereocenters. The minimum Gasteiger partial charge on any atom is -0.481 e. The van der Waals surface area contributed by atoms with Crippen LogP contribution in [-0.4, -0.2) is 41.2 Å². The molecular formula is C10H18N2O3. The summed E-state index contributed by atoms with van der Waals surface area (Å²) in [6, 6.07) is 0. The lowest BCUT2D eigenvalue weighted by Crippen LogP contribution is -2.39. The Morgan fingerprint density at radius 2 is 2.33 bits per heavy atom. The lowest BCUT2D eigenvalue weighted by Gasteiger charge is -2.31. The topological polar surface area (TPSA) is 62.1 Å². The predicted octanol–water partition coefficient (Wildman–Crippen LogP) is 1.30. The second-order valence-corrected chi connectivity index (χ2v) is 4.01. The zero-order chi connectivity index (χ0) is 11.5. The maximum Gasteiger partial charge on any atom is 0.309 e. The first-order chi connectivity index (χ1) is 6.98. The zero-order valence-electron chi connectivity index (χ0n) is 9.49. The van der Waals surface area contributed by atoms with Gasteiger partial charge < -0.3 is 9.84 Å². The Labute approximate surface area is 89.7 Å². The van der Waals surface area contributed by atoms with Crippen LogP contribution < -0.4 is 0 Å². The van der Waals surface area contributed by atoms with E-state index in [1.54, 1.807) is 14.0 Å². The molecule has 86 valence electrons. The van der Waals surface area contributed by atoms with Crippen molar-refractivity contribution in [1.29, 1.82) is 0 Å². The summed E-state index contributed by atoms with van der Waals surface area (Å²) in [4.78, 5) is 10.5. The van der Waals surface area contributed by atoms with Gasteiger partial charge in [-0.15, -0.1) is 0 Å². The SMILES string of the molecule is CO[C@@]1(C)CCCN1N=C(C)CC(=O)O. The van der Waals surface area contributed by atoms with Crippen molar-refractivity contribution in [3.8, 4) is 0 Å². The van der Waals surface area contributed by atoms with Crippen molar-refractivity contribution < 1.29 is 14.6 Å².